The molecule has 7 nitrogen and oxygen atoms in total. The molecule has 8 heteroatoms. The smallest absolute Gasteiger partial charge is 0.410 e. The number of hydrogen-bond acceptors (Lipinski definition) is 5. The summed E-state index contributed by atoms with van der Waals surface area (Å²) in [4.78, 5) is 35.3. The van der Waals surface area contributed by atoms with Gasteiger partial charge in [0.05, 0.1) is 11.7 Å². The SMILES string of the molecule is CC(C)(C)OC(=O)N1CC[C@@H](N2CCN(c3nc(-c4ccccc4)cs3)C2=O)C1. The van der Waals surface area contributed by atoms with E-state index in [0.29, 0.717) is 26.2 Å². The number of nitrogens with zero attached hydrogens (tertiary/aromatic N) is 4. The van der Waals surface area contributed by atoms with Gasteiger partial charge in [0.25, 0.3) is 0 Å². The van der Waals surface area contributed by atoms with E-state index in [9.17, 15) is 9.59 Å². The van der Waals surface area contributed by atoms with Gasteiger partial charge in [0, 0.05) is 37.1 Å². The largest absolute Gasteiger partial charge is 0.444 e. The average Bonchev–Trinajstić information content (AvgIpc) is 3.40. The van der Waals surface area contributed by atoms with Crippen LogP contribution in [0, 0.1) is 0 Å². The van der Waals surface area contributed by atoms with E-state index in [0.717, 1.165) is 22.8 Å². The highest BCUT2D eigenvalue weighted by atomic mass is 32.1. The fourth-order valence-corrected chi connectivity index (χ4v) is 4.54. The molecular formula is C21H26N4O3S. The number of carbonyl (C=O) groups is 2. The molecule has 1 aromatic heterocycles. The van der Waals surface area contributed by atoms with Gasteiger partial charge in [0.15, 0.2) is 5.13 Å². The first kappa shape index (κ1) is 19.7. The summed E-state index contributed by atoms with van der Waals surface area (Å²) in [6.07, 6.45) is 0.460. The Balaban J connectivity index is 1.40. The van der Waals surface area contributed by atoms with Crippen LogP contribution in [0.1, 0.15) is 27.2 Å². The number of thiazole rings is 1. The van der Waals surface area contributed by atoms with E-state index >= 15 is 0 Å². The molecule has 0 spiro atoms. The van der Waals surface area contributed by atoms with E-state index in [4.69, 9.17) is 4.74 Å². The average molecular weight is 415 g/mol. The minimum atomic E-state index is -0.517. The second kappa shape index (κ2) is 7.67. The normalized spacial score (nSPS) is 19.9. The lowest BCUT2D eigenvalue weighted by molar-refractivity contribution is 0.0284. The number of benzene rings is 1. The molecule has 3 heterocycles. The molecule has 2 aliphatic rings. The molecule has 3 amide bonds. The fraction of sp³-hybridized carbons (Fsp3) is 0.476. The van der Waals surface area contributed by atoms with Crippen LogP contribution in [0.2, 0.25) is 0 Å². The van der Waals surface area contributed by atoms with E-state index in [1.54, 1.807) is 9.80 Å². The molecular weight excluding hydrogens is 388 g/mol. The van der Waals surface area contributed by atoms with Crippen LogP contribution in [0.25, 0.3) is 11.3 Å². The van der Waals surface area contributed by atoms with Gasteiger partial charge in [-0.3, -0.25) is 4.90 Å². The van der Waals surface area contributed by atoms with Crippen molar-refractivity contribution in [1.29, 1.82) is 0 Å². The monoisotopic (exact) mass is 414 g/mol. The molecule has 2 aromatic rings. The van der Waals surface area contributed by atoms with Crippen molar-refractivity contribution in [3.63, 3.8) is 0 Å². The van der Waals surface area contributed by atoms with E-state index in [2.05, 4.69) is 4.98 Å². The summed E-state index contributed by atoms with van der Waals surface area (Å²) in [6.45, 7) is 7.96. The van der Waals surface area contributed by atoms with Gasteiger partial charge in [0.2, 0.25) is 0 Å². The quantitative estimate of drug-likeness (QED) is 0.760. The predicted molar refractivity (Wildman–Crippen MR) is 113 cm³/mol. The Morgan fingerprint density at radius 3 is 2.66 bits per heavy atom. The number of ether oxygens (including phenoxy) is 1. The highest BCUT2D eigenvalue weighted by molar-refractivity contribution is 7.14. The van der Waals surface area contributed by atoms with Crippen molar-refractivity contribution in [3.8, 4) is 11.3 Å². The van der Waals surface area contributed by atoms with Crippen LogP contribution < -0.4 is 4.90 Å². The standard InChI is InChI=1S/C21H26N4O3S/c1-21(2,3)28-20(27)23-10-9-16(13-23)24-11-12-25(19(24)26)18-22-17(14-29-18)15-7-5-4-6-8-15/h4-8,14,16H,9-13H2,1-3H3/t16-/m1/s1. The molecule has 0 aliphatic carbocycles. The maximum atomic E-state index is 13.0. The Hall–Kier alpha value is -2.61. The maximum Gasteiger partial charge on any atom is 0.410 e. The van der Waals surface area contributed by atoms with Gasteiger partial charge in [-0.25, -0.2) is 14.6 Å². The van der Waals surface area contributed by atoms with Crippen molar-refractivity contribution in [2.75, 3.05) is 31.1 Å². The van der Waals surface area contributed by atoms with Crippen molar-refractivity contribution in [1.82, 2.24) is 14.8 Å². The molecule has 29 heavy (non-hydrogen) atoms. The Kier molecular flexibility index (Phi) is 5.21. The Morgan fingerprint density at radius 2 is 1.93 bits per heavy atom. The summed E-state index contributed by atoms with van der Waals surface area (Å²) in [7, 11) is 0. The second-order valence-electron chi connectivity index (χ2n) is 8.38. The fourth-order valence-electron chi connectivity index (χ4n) is 3.69. The van der Waals surface area contributed by atoms with Gasteiger partial charge in [-0.05, 0) is 27.2 Å². The zero-order valence-electron chi connectivity index (χ0n) is 17.0. The second-order valence-corrected chi connectivity index (χ2v) is 9.21. The number of urea groups is 1. The lowest BCUT2D eigenvalue weighted by Gasteiger charge is -2.26. The Morgan fingerprint density at radius 1 is 1.17 bits per heavy atom. The van der Waals surface area contributed by atoms with E-state index < -0.39 is 5.60 Å². The lowest BCUT2D eigenvalue weighted by Crippen LogP contribution is -2.42. The highest BCUT2D eigenvalue weighted by Gasteiger charge is 2.40. The van der Waals surface area contributed by atoms with Crippen LogP contribution in [-0.4, -0.2) is 64.7 Å². The molecule has 2 aliphatic heterocycles. The minimum Gasteiger partial charge on any atom is -0.444 e. The van der Waals surface area contributed by atoms with Crippen molar-refractivity contribution < 1.29 is 14.3 Å². The topological polar surface area (TPSA) is 66.0 Å². The molecule has 2 fully saturated rings. The molecule has 2 saturated heterocycles. The zero-order chi connectivity index (χ0) is 20.6. The van der Waals surface area contributed by atoms with Gasteiger partial charge >= 0.3 is 12.1 Å². The number of amides is 3. The number of carbonyl (C=O) groups excluding carboxylic acids is 2. The summed E-state index contributed by atoms with van der Waals surface area (Å²) in [5.41, 5.74) is 1.41. The summed E-state index contributed by atoms with van der Waals surface area (Å²) in [5, 5.41) is 2.71. The van der Waals surface area contributed by atoms with Gasteiger partial charge in [-0.15, -0.1) is 11.3 Å². The summed E-state index contributed by atoms with van der Waals surface area (Å²) >= 11 is 1.48. The molecule has 0 N–H and O–H groups in total. The summed E-state index contributed by atoms with van der Waals surface area (Å²) in [6, 6.07) is 9.95. The molecule has 0 saturated carbocycles. The van der Waals surface area contributed by atoms with Crippen LogP contribution in [-0.2, 0) is 4.74 Å². The van der Waals surface area contributed by atoms with E-state index in [1.165, 1.54) is 11.3 Å². The third kappa shape index (κ3) is 4.22. The molecule has 154 valence electrons. The van der Waals surface area contributed by atoms with Crippen molar-refractivity contribution in [2.45, 2.75) is 38.8 Å². The van der Waals surface area contributed by atoms with Gasteiger partial charge in [0.1, 0.15) is 5.60 Å². The Labute approximate surface area is 174 Å². The predicted octanol–water partition coefficient (Wildman–Crippen LogP) is 4.06. The van der Waals surface area contributed by atoms with Crippen LogP contribution >= 0.6 is 11.3 Å². The molecule has 0 radical (unpaired) electrons. The first-order chi connectivity index (χ1) is 13.8. The van der Waals surface area contributed by atoms with E-state index in [-0.39, 0.29) is 18.2 Å². The number of aromatic nitrogens is 1. The highest BCUT2D eigenvalue weighted by Crippen LogP contribution is 2.31. The van der Waals surface area contributed by atoms with Crippen LogP contribution in [0.3, 0.4) is 0 Å². The minimum absolute atomic E-state index is 0.0218. The lowest BCUT2D eigenvalue weighted by atomic mass is 10.2. The third-order valence-electron chi connectivity index (χ3n) is 5.09. The van der Waals surface area contributed by atoms with Crippen molar-refractivity contribution in [3.05, 3.63) is 35.7 Å². The summed E-state index contributed by atoms with van der Waals surface area (Å²) < 4.78 is 5.46. The summed E-state index contributed by atoms with van der Waals surface area (Å²) in [5.74, 6) is 0. The maximum absolute atomic E-state index is 13.0. The van der Waals surface area contributed by atoms with E-state index in [1.807, 2.05) is 61.4 Å². The first-order valence-corrected chi connectivity index (χ1v) is 10.8. The third-order valence-corrected chi connectivity index (χ3v) is 5.95. The molecule has 4 rings (SSSR count). The molecule has 1 aromatic carbocycles. The number of hydrogen-bond donors (Lipinski definition) is 0. The van der Waals surface area contributed by atoms with Gasteiger partial charge in [-0.2, -0.15) is 0 Å². The molecule has 0 bridgehead atoms. The van der Waals surface area contributed by atoms with Crippen LogP contribution in [0.15, 0.2) is 35.7 Å². The van der Waals surface area contributed by atoms with Crippen molar-refractivity contribution >= 4 is 28.6 Å². The van der Waals surface area contributed by atoms with Crippen LogP contribution in [0.5, 0.6) is 0 Å². The molecule has 0 unspecified atom stereocenters. The van der Waals surface area contributed by atoms with Crippen molar-refractivity contribution in [2.24, 2.45) is 0 Å². The molecule has 1 atom stereocenters. The number of likely N-dealkylation sites (tertiary alicyclic amines) is 1. The first-order valence-electron chi connectivity index (χ1n) is 9.89. The van der Waals surface area contributed by atoms with Gasteiger partial charge in [-0.1, -0.05) is 30.3 Å². The van der Waals surface area contributed by atoms with Gasteiger partial charge < -0.3 is 14.5 Å². The Bertz CT molecular complexity index is 893. The number of rotatable bonds is 3. The van der Waals surface area contributed by atoms with Crippen LogP contribution in [0.4, 0.5) is 14.7 Å². The number of anilines is 1. The zero-order valence-corrected chi connectivity index (χ0v) is 17.8.